The summed E-state index contributed by atoms with van der Waals surface area (Å²) in [5.74, 6) is 0.0121. The Hall–Kier alpha value is -0.620. The quantitative estimate of drug-likeness (QED) is 0.824. The first-order valence-corrected chi connectivity index (χ1v) is 7.71. The van der Waals surface area contributed by atoms with Crippen molar-refractivity contribution in [3.8, 4) is 0 Å². The van der Waals surface area contributed by atoms with E-state index in [4.69, 9.17) is 4.74 Å². The molecule has 2 rings (SSSR count). The maximum atomic E-state index is 12.3. The first-order valence-electron chi connectivity index (χ1n) is 6.63. The molecule has 1 N–H and O–H groups in total. The fraction of sp³-hybridized carbons (Fsp3) is 0.533. The third kappa shape index (κ3) is 2.94. The van der Waals surface area contributed by atoms with Crippen molar-refractivity contribution >= 4 is 28.5 Å². The molecule has 0 aliphatic heterocycles. The van der Waals surface area contributed by atoms with E-state index in [1.807, 2.05) is 31.2 Å². The molecule has 1 aliphatic carbocycles. The number of rotatable bonds is 4. The molecule has 3 nitrogen and oxygen atoms in total. The van der Waals surface area contributed by atoms with E-state index in [0.29, 0.717) is 0 Å². The maximum Gasteiger partial charge on any atom is 0.252 e. The van der Waals surface area contributed by atoms with Crippen molar-refractivity contribution in [1.29, 1.82) is 0 Å². The third-order valence-corrected chi connectivity index (χ3v) is 4.91. The molecule has 0 bridgehead atoms. The van der Waals surface area contributed by atoms with Gasteiger partial charge in [-0.1, -0.05) is 26.0 Å². The van der Waals surface area contributed by atoms with Crippen LogP contribution in [0.1, 0.15) is 37.6 Å². The summed E-state index contributed by atoms with van der Waals surface area (Å²) in [6, 6.07) is 7.84. The molecule has 1 aliphatic rings. The lowest BCUT2D eigenvalue weighted by atomic mass is 9.64. The van der Waals surface area contributed by atoms with Gasteiger partial charge >= 0.3 is 0 Å². The molecule has 0 saturated heterocycles. The lowest BCUT2D eigenvalue weighted by Crippen LogP contribution is -2.62. The average molecular weight is 373 g/mol. The monoisotopic (exact) mass is 373 g/mol. The van der Waals surface area contributed by atoms with Crippen LogP contribution in [-0.2, 0) is 4.74 Å². The zero-order valence-corrected chi connectivity index (χ0v) is 13.7. The van der Waals surface area contributed by atoms with Gasteiger partial charge in [-0.2, -0.15) is 0 Å². The summed E-state index contributed by atoms with van der Waals surface area (Å²) in [6.45, 7) is 7.04. The van der Waals surface area contributed by atoms with Crippen molar-refractivity contribution in [2.24, 2.45) is 5.41 Å². The van der Waals surface area contributed by atoms with E-state index in [2.05, 4.69) is 41.8 Å². The third-order valence-electron chi connectivity index (χ3n) is 3.97. The average Bonchev–Trinajstić information content (AvgIpc) is 2.38. The molecule has 0 heterocycles. The highest BCUT2D eigenvalue weighted by atomic mass is 127. The Bertz CT molecular complexity index is 473. The van der Waals surface area contributed by atoms with Gasteiger partial charge in [-0.15, -0.1) is 0 Å². The second-order valence-electron chi connectivity index (χ2n) is 5.51. The summed E-state index contributed by atoms with van der Waals surface area (Å²) < 4.78 is 6.66. The first kappa shape index (κ1) is 14.8. The van der Waals surface area contributed by atoms with Crippen molar-refractivity contribution in [2.45, 2.75) is 39.3 Å². The van der Waals surface area contributed by atoms with E-state index in [-0.39, 0.29) is 23.5 Å². The topological polar surface area (TPSA) is 38.3 Å². The Kier molecular flexibility index (Phi) is 4.50. The number of amides is 1. The van der Waals surface area contributed by atoms with E-state index >= 15 is 0 Å². The largest absolute Gasteiger partial charge is 0.378 e. The van der Waals surface area contributed by atoms with Crippen LogP contribution in [0.2, 0.25) is 0 Å². The Morgan fingerprint density at radius 2 is 2.16 bits per heavy atom. The number of hydrogen-bond acceptors (Lipinski definition) is 2. The summed E-state index contributed by atoms with van der Waals surface area (Å²) in [5, 5.41) is 3.13. The number of benzene rings is 1. The Morgan fingerprint density at radius 3 is 2.74 bits per heavy atom. The van der Waals surface area contributed by atoms with Crippen LogP contribution in [0.3, 0.4) is 0 Å². The van der Waals surface area contributed by atoms with Crippen LogP contribution in [0.25, 0.3) is 0 Å². The zero-order valence-electron chi connectivity index (χ0n) is 11.6. The molecule has 1 aromatic carbocycles. The summed E-state index contributed by atoms with van der Waals surface area (Å²) in [6.07, 6.45) is 1.15. The van der Waals surface area contributed by atoms with E-state index in [1.165, 1.54) is 0 Å². The molecular weight excluding hydrogens is 353 g/mol. The lowest BCUT2D eigenvalue weighted by molar-refractivity contribution is -0.111. The Labute approximate surface area is 128 Å². The van der Waals surface area contributed by atoms with Crippen LogP contribution < -0.4 is 5.32 Å². The van der Waals surface area contributed by atoms with Crippen LogP contribution in [-0.4, -0.2) is 24.7 Å². The minimum Gasteiger partial charge on any atom is -0.378 e. The fourth-order valence-electron chi connectivity index (χ4n) is 2.50. The zero-order chi connectivity index (χ0) is 14.0. The first-order chi connectivity index (χ1) is 8.96. The summed E-state index contributed by atoms with van der Waals surface area (Å²) in [4.78, 5) is 12.3. The second-order valence-corrected chi connectivity index (χ2v) is 6.67. The molecule has 1 saturated carbocycles. The van der Waals surface area contributed by atoms with Crippen molar-refractivity contribution in [2.75, 3.05) is 6.61 Å². The lowest BCUT2D eigenvalue weighted by Gasteiger charge is -2.51. The minimum atomic E-state index is 0.00584. The summed E-state index contributed by atoms with van der Waals surface area (Å²) in [5.41, 5.74) is 0.755. The highest BCUT2D eigenvalue weighted by molar-refractivity contribution is 14.1. The summed E-state index contributed by atoms with van der Waals surface area (Å²) in [7, 11) is 0. The molecule has 1 fully saturated rings. The van der Waals surface area contributed by atoms with Gasteiger partial charge in [0.1, 0.15) is 0 Å². The molecule has 19 heavy (non-hydrogen) atoms. The number of carbonyl (C=O) groups is 1. The highest BCUT2D eigenvalue weighted by Gasteiger charge is 2.49. The molecule has 1 aromatic rings. The second kappa shape index (κ2) is 5.79. The molecule has 4 heteroatoms. The van der Waals surface area contributed by atoms with Gasteiger partial charge in [-0.3, -0.25) is 4.79 Å². The van der Waals surface area contributed by atoms with Gasteiger partial charge in [0.25, 0.3) is 5.91 Å². The molecule has 1 amide bonds. The molecular formula is C15H20INO2. The Balaban J connectivity index is 2.00. The van der Waals surface area contributed by atoms with Gasteiger partial charge in [0.2, 0.25) is 0 Å². The molecule has 0 radical (unpaired) electrons. The number of hydrogen-bond donors (Lipinski definition) is 1. The number of nitrogens with one attached hydrogen (secondary N) is 1. The highest BCUT2D eigenvalue weighted by Crippen LogP contribution is 2.42. The number of carbonyl (C=O) groups excluding carboxylic acids is 1. The van der Waals surface area contributed by atoms with Gasteiger partial charge in [-0.05, 0) is 48.1 Å². The van der Waals surface area contributed by atoms with Crippen molar-refractivity contribution in [3.63, 3.8) is 0 Å². The summed E-state index contributed by atoms with van der Waals surface area (Å²) >= 11 is 2.19. The maximum absolute atomic E-state index is 12.3. The van der Waals surface area contributed by atoms with Crippen LogP contribution in [0.5, 0.6) is 0 Å². The van der Waals surface area contributed by atoms with Crippen LogP contribution in [0.4, 0.5) is 0 Å². The SMILES string of the molecule is CCOC1CC(NC(=O)c2ccccc2I)C1(C)C. The van der Waals surface area contributed by atoms with Gasteiger partial charge in [0.15, 0.2) is 0 Å². The molecule has 0 aromatic heterocycles. The van der Waals surface area contributed by atoms with Gasteiger partial charge in [-0.25, -0.2) is 0 Å². The van der Waals surface area contributed by atoms with E-state index in [1.54, 1.807) is 0 Å². The Morgan fingerprint density at radius 1 is 1.47 bits per heavy atom. The van der Waals surface area contributed by atoms with Gasteiger partial charge in [0, 0.05) is 21.6 Å². The van der Waals surface area contributed by atoms with Crippen LogP contribution >= 0.6 is 22.6 Å². The molecule has 0 spiro atoms. The van der Waals surface area contributed by atoms with Crippen LogP contribution in [0.15, 0.2) is 24.3 Å². The van der Waals surface area contributed by atoms with Crippen molar-refractivity contribution in [1.82, 2.24) is 5.32 Å². The number of ether oxygens (including phenoxy) is 1. The fourth-order valence-corrected chi connectivity index (χ4v) is 3.13. The standard InChI is InChI=1S/C15H20INO2/c1-4-19-13-9-12(15(13,2)3)17-14(18)10-7-5-6-8-11(10)16/h5-8,12-13H,4,9H2,1-3H3,(H,17,18). The predicted molar refractivity (Wildman–Crippen MR) is 84.2 cm³/mol. The molecule has 2 unspecified atom stereocenters. The van der Waals surface area contributed by atoms with Crippen molar-refractivity contribution in [3.05, 3.63) is 33.4 Å². The number of halogens is 1. The van der Waals surface area contributed by atoms with Crippen molar-refractivity contribution < 1.29 is 9.53 Å². The van der Waals surface area contributed by atoms with E-state index in [0.717, 1.165) is 22.2 Å². The van der Waals surface area contributed by atoms with Crippen LogP contribution in [0, 0.1) is 8.99 Å². The smallest absolute Gasteiger partial charge is 0.252 e. The normalized spacial score (nSPS) is 24.6. The predicted octanol–water partition coefficient (Wildman–Crippen LogP) is 3.22. The van der Waals surface area contributed by atoms with E-state index < -0.39 is 0 Å². The molecule has 104 valence electrons. The molecule has 2 atom stereocenters. The minimum absolute atomic E-state index is 0.00584. The van der Waals surface area contributed by atoms with Gasteiger partial charge in [0.05, 0.1) is 11.7 Å². The van der Waals surface area contributed by atoms with Gasteiger partial charge < -0.3 is 10.1 Å². The van der Waals surface area contributed by atoms with E-state index in [9.17, 15) is 4.79 Å².